The number of benzene rings is 12. The fourth-order valence-electron chi connectivity index (χ4n) is 15.3. The van der Waals surface area contributed by atoms with Crippen LogP contribution in [0.2, 0.25) is 0 Å². The van der Waals surface area contributed by atoms with Gasteiger partial charge in [-0.2, -0.15) is 0 Å². The lowest BCUT2D eigenvalue weighted by Crippen LogP contribution is -2.33. The quantitative estimate of drug-likeness (QED) is 0.105. The van der Waals surface area contributed by atoms with E-state index in [1.807, 2.05) is 0 Å². The van der Waals surface area contributed by atoms with Crippen LogP contribution in [-0.2, 0) is 12.8 Å². The van der Waals surface area contributed by atoms with Gasteiger partial charge in [-0.15, -0.1) is 0 Å². The topological polar surface area (TPSA) is 0 Å². The molecule has 0 nitrogen and oxygen atoms in total. The normalized spacial score (nSPS) is 15.8. The molecule has 0 spiro atoms. The summed E-state index contributed by atoms with van der Waals surface area (Å²) in [7, 11) is -8.42. The van der Waals surface area contributed by atoms with Gasteiger partial charge in [-0.25, -0.2) is 0 Å². The van der Waals surface area contributed by atoms with E-state index < -0.39 is 29.0 Å². The molecule has 2 aliphatic carbocycles. The summed E-state index contributed by atoms with van der Waals surface area (Å²) in [4.78, 5) is 0. The third-order valence-corrected chi connectivity index (χ3v) is 37.9. The maximum atomic E-state index is 3.94. The molecular formula is C92H76P4+4. The Morgan fingerprint density at radius 2 is 0.385 bits per heavy atom. The summed E-state index contributed by atoms with van der Waals surface area (Å²) in [6.07, 6.45) is 11.2. The van der Waals surface area contributed by atoms with Crippen molar-refractivity contribution < 1.29 is 0 Å². The van der Waals surface area contributed by atoms with Gasteiger partial charge in [-0.05, 0) is 216 Å². The first-order valence-corrected chi connectivity index (χ1v) is 42.5. The van der Waals surface area contributed by atoms with E-state index in [0.29, 0.717) is 0 Å². The van der Waals surface area contributed by atoms with Crippen LogP contribution >= 0.6 is 29.0 Å². The Kier molecular flexibility index (Phi) is 18.6. The van der Waals surface area contributed by atoms with E-state index in [1.165, 1.54) is 86.9 Å². The molecule has 8 bridgehead atoms. The molecule has 0 fully saturated rings. The predicted octanol–water partition coefficient (Wildman–Crippen LogP) is 17.4. The summed E-state index contributed by atoms with van der Waals surface area (Å²) < 4.78 is 0. The Bertz CT molecular complexity index is 4530. The highest BCUT2D eigenvalue weighted by atomic mass is 31.2. The van der Waals surface area contributed by atoms with Crippen LogP contribution < -0.4 is 42.4 Å². The standard InChI is InChI=1S/C92H76P4/c1-9-35-81(36-10-1)93(82-37-11-2-12-38-82)59-25-26-60-94(83-39-13-3-14-40-83,84-41-15-4-16-42-84)62-28-32-74-52-56-90-78(68-74)72-80-70-76(54-58-92(80)90)34-30-64-96(87-47-21-7-22-48-87,88-49-23-8-24-50-88)66-65-95(85-43-17-5-18-44-85,86-45-19-6-20-46-86)63-29-33-75-53-57-91-79(69-75)71-77-67-73(31-27-61-93)51-55-89(77)91/h1-24,35-58,67-70H,25-26,59-66,71-72H2/q+4. The summed E-state index contributed by atoms with van der Waals surface area (Å²) in [5, 5.41) is 11.3. The van der Waals surface area contributed by atoms with Crippen molar-refractivity contribution in [3.8, 4) is 69.6 Å². The zero-order valence-electron chi connectivity index (χ0n) is 54.3. The number of fused-ring (bicyclic) bond motifs is 6. The number of hydrogen-bond acceptors (Lipinski definition) is 0. The van der Waals surface area contributed by atoms with Crippen molar-refractivity contribution in [1.29, 1.82) is 0 Å². The molecule has 0 saturated carbocycles. The molecule has 1 aliphatic heterocycles. The first kappa shape index (κ1) is 62.7. The summed E-state index contributed by atoms with van der Waals surface area (Å²) >= 11 is 0. The highest BCUT2D eigenvalue weighted by Crippen LogP contribution is 2.64. The van der Waals surface area contributed by atoms with Gasteiger partial charge in [0.1, 0.15) is 79.4 Å². The summed E-state index contributed by atoms with van der Waals surface area (Å²) in [5.74, 6) is 30.8. The molecule has 0 N–H and O–H groups in total. The minimum Gasteiger partial charge on any atom is -0.0632 e. The zero-order valence-corrected chi connectivity index (χ0v) is 57.9. The molecule has 0 unspecified atom stereocenters. The largest absolute Gasteiger partial charge is 0.129 e. The van der Waals surface area contributed by atoms with E-state index in [2.05, 4.69) is 363 Å². The highest BCUT2D eigenvalue weighted by Gasteiger charge is 2.50. The first-order chi connectivity index (χ1) is 47.5. The van der Waals surface area contributed by atoms with E-state index >= 15 is 0 Å². The van der Waals surface area contributed by atoms with Crippen molar-refractivity contribution in [2.45, 2.75) is 25.7 Å². The Balaban J connectivity index is 0.839. The molecule has 3 aliphatic rings. The molecule has 0 atom stereocenters. The van der Waals surface area contributed by atoms with Crippen molar-refractivity contribution >= 4 is 71.5 Å². The van der Waals surface area contributed by atoms with Gasteiger partial charge in [-0.1, -0.05) is 217 Å². The Labute approximate surface area is 572 Å². The Morgan fingerprint density at radius 1 is 0.198 bits per heavy atom. The maximum Gasteiger partial charge on any atom is 0.129 e. The molecule has 0 saturated heterocycles. The fourth-order valence-corrected chi connectivity index (χ4v) is 32.3. The lowest BCUT2D eigenvalue weighted by atomic mass is 10.0. The average Bonchev–Trinajstić information content (AvgIpc) is 1.08. The number of hydrogen-bond donors (Lipinski definition) is 0. The van der Waals surface area contributed by atoms with Gasteiger partial charge in [0.15, 0.2) is 0 Å². The second-order valence-electron chi connectivity index (χ2n) is 25.8. The van der Waals surface area contributed by atoms with Crippen molar-refractivity contribution in [3.63, 3.8) is 0 Å². The summed E-state index contributed by atoms with van der Waals surface area (Å²) in [6, 6.07) is 119. The summed E-state index contributed by atoms with van der Waals surface area (Å²) in [5.41, 5.74) is 14.8. The van der Waals surface area contributed by atoms with E-state index in [1.54, 1.807) is 0 Å². The van der Waals surface area contributed by atoms with Gasteiger partial charge >= 0.3 is 0 Å². The van der Waals surface area contributed by atoms with Gasteiger partial charge in [-0.3, -0.25) is 0 Å². The van der Waals surface area contributed by atoms with Crippen LogP contribution in [0.3, 0.4) is 0 Å². The zero-order chi connectivity index (χ0) is 64.5. The number of rotatable bonds is 8. The van der Waals surface area contributed by atoms with Crippen molar-refractivity contribution in [3.05, 3.63) is 360 Å². The van der Waals surface area contributed by atoms with Crippen LogP contribution in [0.25, 0.3) is 22.3 Å². The second kappa shape index (κ2) is 28.5. The Morgan fingerprint density at radius 3 is 0.583 bits per heavy atom. The molecule has 0 aromatic heterocycles. The molecular weight excluding hydrogens is 1230 g/mol. The van der Waals surface area contributed by atoms with Crippen molar-refractivity contribution in [1.82, 2.24) is 0 Å². The van der Waals surface area contributed by atoms with Crippen LogP contribution in [-0.4, -0.2) is 49.3 Å². The average molecular weight is 1310 g/mol. The SMILES string of the molecule is C1#Cc2ccc3c(c2)Cc2cc(ccc2-3)C#CC[P+](c2ccccc2)(c2ccccc2)CC[P+](c2ccccc2)(c2ccccc2)CC#Cc2ccc3c(c2)Cc2cc(ccc2-3)C#CC[P+](c2ccccc2)(c2ccccc2)CCCC[P+](c2ccccc2)(c2ccccc2)C1. The maximum absolute atomic E-state index is 3.94. The lowest BCUT2D eigenvalue weighted by molar-refractivity contribution is 0.894. The summed E-state index contributed by atoms with van der Waals surface area (Å²) in [6.45, 7) is 0. The molecule has 15 rings (SSSR count). The van der Waals surface area contributed by atoms with Crippen LogP contribution in [0.5, 0.6) is 0 Å². The molecule has 4 heteroatoms. The minimum absolute atomic E-state index is 0.768. The van der Waals surface area contributed by atoms with Crippen molar-refractivity contribution in [2.24, 2.45) is 0 Å². The fraction of sp³-hybridized carbons (Fsp3) is 0.130. The van der Waals surface area contributed by atoms with Gasteiger partial charge in [0, 0.05) is 22.3 Å². The van der Waals surface area contributed by atoms with Gasteiger partial charge < -0.3 is 0 Å². The molecule has 460 valence electrons. The van der Waals surface area contributed by atoms with E-state index in [-0.39, 0.29) is 0 Å². The molecule has 12 aromatic carbocycles. The van der Waals surface area contributed by atoms with Gasteiger partial charge in [0.2, 0.25) is 0 Å². The lowest BCUT2D eigenvalue weighted by Gasteiger charge is -2.30. The third kappa shape index (κ3) is 12.8. The van der Waals surface area contributed by atoms with Crippen LogP contribution in [0, 0.1) is 47.4 Å². The third-order valence-electron chi connectivity index (χ3n) is 20.3. The molecule has 0 radical (unpaired) electrons. The minimum atomic E-state index is -2.18. The van der Waals surface area contributed by atoms with Crippen LogP contribution in [0.1, 0.15) is 57.3 Å². The highest BCUT2D eigenvalue weighted by molar-refractivity contribution is 7.93. The van der Waals surface area contributed by atoms with Crippen LogP contribution in [0.4, 0.5) is 0 Å². The predicted molar refractivity (Wildman–Crippen MR) is 421 cm³/mol. The molecule has 12 aromatic rings. The molecule has 0 amide bonds. The van der Waals surface area contributed by atoms with E-state index in [0.717, 1.165) is 97.2 Å². The van der Waals surface area contributed by atoms with Crippen LogP contribution in [0.15, 0.2) is 315 Å². The van der Waals surface area contributed by atoms with E-state index in [9.17, 15) is 0 Å². The van der Waals surface area contributed by atoms with Gasteiger partial charge in [0.05, 0.1) is 41.4 Å². The van der Waals surface area contributed by atoms with E-state index in [4.69, 9.17) is 0 Å². The monoisotopic (exact) mass is 1300 g/mol. The van der Waals surface area contributed by atoms with Crippen molar-refractivity contribution in [2.75, 3.05) is 49.3 Å². The first-order valence-electron chi connectivity index (χ1n) is 33.9. The molecule has 96 heavy (non-hydrogen) atoms. The van der Waals surface area contributed by atoms with Gasteiger partial charge in [0.25, 0.3) is 0 Å². The smallest absolute Gasteiger partial charge is 0.0632 e. The molecule has 1 heterocycles. The second-order valence-corrected chi connectivity index (χ2v) is 40.8. The Hall–Kier alpha value is -9.40.